The average molecular weight is 334 g/mol. The summed E-state index contributed by atoms with van der Waals surface area (Å²) >= 11 is 0. The zero-order valence-corrected chi connectivity index (χ0v) is 13.9. The van der Waals surface area contributed by atoms with E-state index in [0.29, 0.717) is 12.5 Å². The van der Waals surface area contributed by atoms with Crippen LogP contribution in [-0.4, -0.2) is 37.8 Å². The van der Waals surface area contributed by atoms with Crippen molar-refractivity contribution in [2.45, 2.75) is 13.5 Å². The summed E-state index contributed by atoms with van der Waals surface area (Å²) in [6.07, 6.45) is 7.10. The van der Waals surface area contributed by atoms with Gasteiger partial charge >= 0.3 is 0 Å². The van der Waals surface area contributed by atoms with Crippen molar-refractivity contribution in [2.24, 2.45) is 5.92 Å². The van der Waals surface area contributed by atoms with E-state index in [-0.39, 0.29) is 5.56 Å². The highest BCUT2D eigenvalue weighted by Crippen LogP contribution is 2.22. The molecular weight excluding hydrogens is 316 g/mol. The van der Waals surface area contributed by atoms with Crippen molar-refractivity contribution in [3.8, 4) is 11.3 Å². The highest BCUT2D eigenvalue weighted by atomic mass is 16.1. The molecule has 25 heavy (non-hydrogen) atoms. The standard InChI is InChI=1S/C18H18N6O/c1-13-7-20-18(21-8-13)23-10-14(11-23)12-24-17(25)5-4-16(22-24)15-3-2-6-19-9-15/h2-9,14H,10-12H2,1H3. The topological polar surface area (TPSA) is 76.8 Å². The molecule has 3 aromatic rings. The predicted molar refractivity (Wildman–Crippen MR) is 94.2 cm³/mol. The summed E-state index contributed by atoms with van der Waals surface area (Å²) in [6, 6.07) is 7.10. The Bertz CT molecular complexity index is 916. The van der Waals surface area contributed by atoms with Gasteiger partial charge in [-0.15, -0.1) is 0 Å². The number of aromatic nitrogens is 5. The Morgan fingerprint density at radius 2 is 1.92 bits per heavy atom. The second-order valence-corrected chi connectivity index (χ2v) is 6.31. The van der Waals surface area contributed by atoms with Crippen molar-refractivity contribution in [3.05, 3.63) is 65.0 Å². The molecule has 0 atom stereocenters. The van der Waals surface area contributed by atoms with Crippen molar-refractivity contribution < 1.29 is 0 Å². The number of anilines is 1. The van der Waals surface area contributed by atoms with Gasteiger partial charge in [0.05, 0.1) is 12.2 Å². The van der Waals surface area contributed by atoms with Crippen molar-refractivity contribution >= 4 is 5.95 Å². The van der Waals surface area contributed by atoms with Crippen molar-refractivity contribution in [1.29, 1.82) is 0 Å². The van der Waals surface area contributed by atoms with Crippen LogP contribution in [0.1, 0.15) is 5.56 Å². The van der Waals surface area contributed by atoms with Gasteiger partial charge in [0.15, 0.2) is 0 Å². The van der Waals surface area contributed by atoms with Crippen LogP contribution in [0.4, 0.5) is 5.95 Å². The summed E-state index contributed by atoms with van der Waals surface area (Å²) in [4.78, 5) is 27.0. The third-order valence-electron chi connectivity index (χ3n) is 4.26. The molecule has 7 nitrogen and oxygen atoms in total. The molecule has 1 fully saturated rings. The van der Waals surface area contributed by atoms with Gasteiger partial charge in [-0.2, -0.15) is 5.10 Å². The maximum atomic E-state index is 12.1. The molecule has 0 bridgehead atoms. The van der Waals surface area contributed by atoms with Gasteiger partial charge in [0.1, 0.15) is 0 Å². The largest absolute Gasteiger partial charge is 0.340 e. The molecule has 0 aliphatic carbocycles. The number of pyridine rings is 1. The van der Waals surface area contributed by atoms with E-state index < -0.39 is 0 Å². The molecular formula is C18H18N6O. The van der Waals surface area contributed by atoms with Gasteiger partial charge in [-0.1, -0.05) is 0 Å². The quantitative estimate of drug-likeness (QED) is 0.720. The number of aryl methyl sites for hydroxylation is 1. The minimum absolute atomic E-state index is 0.0855. The fraction of sp³-hybridized carbons (Fsp3) is 0.278. The van der Waals surface area contributed by atoms with Crippen LogP contribution in [0.5, 0.6) is 0 Å². The van der Waals surface area contributed by atoms with Crippen molar-refractivity contribution in [1.82, 2.24) is 24.7 Å². The molecule has 3 aromatic heterocycles. The Hall–Kier alpha value is -3.09. The first kappa shape index (κ1) is 15.4. The smallest absolute Gasteiger partial charge is 0.266 e. The predicted octanol–water partition coefficient (Wildman–Crippen LogP) is 1.54. The highest BCUT2D eigenvalue weighted by Gasteiger charge is 2.29. The molecule has 0 radical (unpaired) electrons. The summed E-state index contributed by atoms with van der Waals surface area (Å²) in [5.41, 5.74) is 2.62. The molecule has 0 amide bonds. The van der Waals surface area contributed by atoms with E-state index in [1.165, 1.54) is 0 Å². The molecule has 1 saturated heterocycles. The molecule has 7 heteroatoms. The summed E-state index contributed by atoms with van der Waals surface area (Å²) < 4.78 is 1.54. The fourth-order valence-electron chi connectivity index (χ4n) is 2.89. The van der Waals surface area contributed by atoms with Gasteiger partial charge in [-0.05, 0) is 30.7 Å². The lowest BCUT2D eigenvalue weighted by molar-refractivity contribution is 0.331. The van der Waals surface area contributed by atoms with E-state index in [9.17, 15) is 4.79 Å². The first-order valence-electron chi connectivity index (χ1n) is 8.21. The van der Waals surface area contributed by atoms with Gasteiger partial charge in [-0.3, -0.25) is 9.78 Å². The van der Waals surface area contributed by atoms with E-state index in [1.54, 1.807) is 29.2 Å². The molecule has 0 unspecified atom stereocenters. The second kappa shape index (κ2) is 6.43. The summed E-state index contributed by atoms with van der Waals surface area (Å²) in [5.74, 6) is 1.10. The summed E-state index contributed by atoms with van der Waals surface area (Å²) in [6.45, 7) is 4.22. The van der Waals surface area contributed by atoms with Crippen LogP contribution in [0.25, 0.3) is 11.3 Å². The molecule has 4 heterocycles. The molecule has 0 saturated carbocycles. The molecule has 126 valence electrons. The molecule has 1 aliphatic rings. The maximum absolute atomic E-state index is 12.1. The van der Waals surface area contributed by atoms with E-state index >= 15 is 0 Å². The summed E-state index contributed by atoms with van der Waals surface area (Å²) in [7, 11) is 0. The molecule has 1 aliphatic heterocycles. The van der Waals surface area contributed by atoms with Crippen LogP contribution in [0.2, 0.25) is 0 Å². The van der Waals surface area contributed by atoms with E-state index in [2.05, 4.69) is 25.0 Å². The maximum Gasteiger partial charge on any atom is 0.266 e. The van der Waals surface area contributed by atoms with Gasteiger partial charge < -0.3 is 4.90 Å². The van der Waals surface area contributed by atoms with E-state index in [4.69, 9.17) is 0 Å². The van der Waals surface area contributed by atoms with Gasteiger partial charge in [-0.25, -0.2) is 14.6 Å². The minimum atomic E-state index is -0.0855. The van der Waals surface area contributed by atoms with Gasteiger partial charge in [0.25, 0.3) is 5.56 Å². The minimum Gasteiger partial charge on any atom is -0.340 e. The Balaban J connectivity index is 1.45. The van der Waals surface area contributed by atoms with Crippen LogP contribution in [0.3, 0.4) is 0 Å². The first-order chi connectivity index (χ1) is 12.2. The van der Waals surface area contributed by atoms with Crippen LogP contribution in [-0.2, 0) is 6.54 Å². The zero-order valence-electron chi connectivity index (χ0n) is 13.9. The van der Waals surface area contributed by atoms with E-state index in [0.717, 1.165) is 35.9 Å². The van der Waals surface area contributed by atoms with Crippen molar-refractivity contribution in [2.75, 3.05) is 18.0 Å². The van der Waals surface area contributed by atoms with Crippen LogP contribution < -0.4 is 10.5 Å². The van der Waals surface area contributed by atoms with Crippen LogP contribution in [0.15, 0.2) is 53.8 Å². The number of rotatable bonds is 4. The third kappa shape index (κ3) is 3.26. The highest BCUT2D eigenvalue weighted by molar-refractivity contribution is 5.56. The number of hydrogen-bond donors (Lipinski definition) is 0. The summed E-state index contributed by atoms with van der Waals surface area (Å²) in [5, 5.41) is 4.49. The van der Waals surface area contributed by atoms with Crippen molar-refractivity contribution in [3.63, 3.8) is 0 Å². The lowest BCUT2D eigenvalue weighted by Crippen LogP contribution is -2.50. The lowest BCUT2D eigenvalue weighted by atomic mass is 10.0. The number of nitrogens with zero attached hydrogens (tertiary/aromatic N) is 6. The SMILES string of the molecule is Cc1cnc(N2CC(Cn3nc(-c4cccnc4)ccc3=O)C2)nc1. The Morgan fingerprint density at radius 3 is 2.64 bits per heavy atom. The normalized spacial score (nSPS) is 14.4. The molecule has 0 aromatic carbocycles. The third-order valence-corrected chi connectivity index (χ3v) is 4.26. The van der Waals surface area contributed by atoms with Crippen LogP contribution >= 0.6 is 0 Å². The lowest BCUT2D eigenvalue weighted by Gasteiger charge is -2.39. The second-order valence-electron chi connectivity index (χ2n) is 6.31. The fourth-order valence-corrected chi connectivity index (χ4v) is 2.89. The monoisotopic (exact) mass is 334 g/mol. The van der Waals surface area contributed by atoms with Gasteiger partial charge in [0.2, 0.25) is 5.95 Å². The average Bonchev–Trinajstić information content (AvgIpc) is 2.61. The van der Waals surface area contributed by atoms with Gasteiger partial charge in [0, 0.05) is 55.4 Å². The Kier molecular flexibility index (Phi) is 3.97. The van der Waals surface area contributed by atoms with E-state index in [1.807, 2.05) is 31.5 Å². The van der Waals surface area contributed by atoms with Crippen LogP contribution in [0, 0.1) is 12.8 Å². The molecule has 4 rings (SSSR count). The number of hydrogen-bond acceptors (Lipinski definition) is 6. The first-order valence-corrected chi connectivity index (χ1v) is 8.21. The molecule has 0 spiro atoms. The zero-order chi connectivity index (χ0) is 17.2. The molecule has 0 N–H and O–H groups in total. The Labute approximate surface area is 145 Å². The Morgan fingerprint density at radius 1 is 1.12 bits per heavy atom.